The van der Waals surface area contributed by atoms with Crippen LogP contribution in [-0.2, 0) is 16.6 Å². The van der Waals surface area contributed by atoms with Gasteiger partial charge in [0.15, 0.2) is 5.82 Å². The standard InChI is InChI=1S/C36H43N7O4S/c1-22-10-8-11-23(2)32(22)30-17-31-40-35(39-30)41-48(45,46)29-13-9-12-26(16-29)34(44)43(28(21-47-31)18-36(5,6)7)20-27-19-37-25(4)33(38-27)42-15-14-24(42)3/h8-13,16-17,19,24,28H,14-15,18,20-21H2,1-7H3,(H,39,40,41)/t24-,28-/m1/s1. The number of hydrogen-bond donors (Lipinski definition) is 1. The zero-order valence-corrected chi connectivity index (χ0v) is 29.4. The van der Waals surface area contributed by atoms with E-state index in [1.165, 1.54) is 12.1 Å². The van der Waals surface area contributed by atoms with Crippen LogP contribution in [0.3, 0.4) is 0 Å². The first-order chi connectivity index (χ1) is 22.7. The van der Waals surface area contributed by atoms with Gasteiger partial charge in [0.2, 0.25) is 11.8 Å². The average molecular weight is 670 g/mol. The number of ether oxygens (including phenoxy) is 1. The highest BCUT2D eigenvalue weighted by atomic mass is 32.2. The van der Waals surface area contributed by atoms with Crippen molar-refractivity contribution in [3.8, 4) is 17.1 Å². The van der Waals surface area contributed by atoms with E-state index in [4.69, 9.17) is 9.72 Å². The van der Waals surface area contributed by atoms with Gasteiger partial charge in [-0.05, 0) is 75.3 Å². The highest BCUT2D eigenvalue weighted by molar-refractivity contribution is 7.92. The van der Waals surface area contributed by atoms with Crippen molar-refractivity contribution in [1.29, 1.82) is 0 Å². The van der Waals surface area contributed by atoms with Gasteiger partial charge >= 0.3 is 0 Å². The highest BCUT2D eigenvalue weighted by Crippen LogP contribution is 2.32. The number of rotatable bonds is 5. The monoisotopic (exact) mass is 669 g/mol. The molecule has 1 saturated heterocycles. The Morgan fingerprint density at radius 1 is 1.00 bits per heavy atom. The number of carbonyl (C=O) groups excluding carboxylic acids is 1. The molecule has 11 nitrogen and oxygen atoms in total. The molecule has 1 fully saturated rings. The Morgan fingerprint density at radius 3 is 2.40 bits per heavy atom. The summed E-state index contributed by atoms with van der Waals surface area (Å²) in [6.07, 6.45) is 3.39. The van der Waals surface area contributed by atoms with Crippen molar-refractivity contribution in [2.45, 2.75) is 84.8 Å². The Hall–Kier alpha value is -4.58. The molecule has 0 aliphatic carbocycles. The Morgan fingerprint density at radius 2 is 1.73 bits per heavy atom. The fourth-order valence-electron chi connectivity index (χ4n) is 6.38. The van der Waals surface area contributed by atoms with Gasteiger partial charge in [0.05, 0.1) is 40.8 Å². The predicted octanol–water partition coefficient (Wildman–Crippen LogP) is 6.10. The minimum atomic E-state index is -4.17. The van der Waals surface area contributed by atoms with Crippen LogP contribution in [0.5, 0.6) is 5.88 Å². The molecule has 6 rings (SSSR count). The molecule has 2 aliphatic rings. The lowest BCUT2D eigenvalue weighted by molar-refractivity contribution is 0.0509. The van der Waals surface area contributed by atoms with Gasteiger partial charge in [0.1, 0.15) is 6.61 Å². The van der Waals surface area contributed by atoms with Crippen molar-refractivity contribution in [3.63, 3.8) is 0 Å². The number of hydrogen-bond acceptors (Lipinski definition) is 9. The van der Waals surface area contributed by atoms with Gasteiger partial charge < -0.3 is 14.5 Å². The molecule has 48 heavy (non-hydrogen) atoms. The van der Waals surface area contributed by atoms with Crippen molar-refractivity contribution >= 4 is 27.7 Å². The SMILES string of the molecule is Cc1cccc(C)c1-c1cc2nc(n1)NS(=O)(=O)c1cccc(c1)C(=O)N(Cc1cnc(C)c(N3CC[C@H]3C)n1)[C@H](CC(C)(C)C)CO2. The van der Waals surface area contributed by atoms with E-state index in [9.17, 15) is 13.2 Å². The van der Waals surface area contributed by atoms with Crippen molar-refractivity contribution in [2.24, 2.45) is 5.41 Å². The maximum atomic E-state index is 14.5. The summed E-state index contributed by atoms with van der Waals surface area (Å²) in [5.41, 5.74) is 4.87. The van der Waals surface area contributed by atoms with Gasteiger partial charge in [-0.3, -0.25) is 9.78 Å². The normalized spacial score (nSPS) is 19.3. The molecule has 4 heterocycles. The lowest BCUT2D eigenvalue weighted by atomic mass is 9.87. The van der Waals surface area contributed by atoms with Gasteiger partial charge in [-0.15, -0.1) is 0 Å². The van der Waals surface area contributed by atoms with Gasteiger partial charge in [-0.2, -0.15) is 4.98 Å². The molecular weight excluding hydrogens is 627 g/mol. The van der Waals surface area contributed by atoms with Crippen LogP contribution < -0.4 is 14.4 Å². The number of amides is 1. The minimum absolute atomic E-state index is 0.0763. The van der Waals surface area contributed by atoms with E-state index in [-0.39, 0.29) is 46.8 Å². The number of benzene rings is 2. The largest absolute Gasteiger partial charge is 0.475 e. The predicted molar refractivity (Wildman–Crippen MR) is 186 cm³/mol. The molecule has 4 bridgehead atoms. The quantitative estimate of drug-likeness (QED) is 0.268. The summed E-state index contributed by atoms with van der Waals surface area (Å²) < 4.78 is 36.3. The first-order valence-corrected chi connectivity index (χ1v) is 17.8. The molecule has 12 heteroatoms. The third kappa shape index (κ3) is 6.99. The summed E-state index contributed by atoms with van der Waals surface area (Å²) in [6.45, 7) is 15.6. The summed E-state index contributed by atoms with van der Waals surface area (Å²) in [5, 5.41) is 0. The van der Waals surface area contributed by atoms with Gasteiger partial charge in [0.25, 0.3) is 15.9 Å². The van der Waals surface area contributed by atoms with Crippen LogP contribution in [-0.4, -0.2) is 64.4 Å². The van der Waals surface area contributed by atoms with Crippen LogP contribution in [0.15, 0.2) is 59.6 Å². The molecule has 1 amide bonds. The van der Waals surface area contributed by atoms with E-state index < -0.39 is 16.1 Å². The molecule has 0 saturated carbocycles. The fraction of sp³-hybridized carbons (Fsp3) is 0.417. The maximum Gasteiger partial charge on any atom is 0.264 e. The molecule has 2 aromatic carbocycles. The number of fused-ring (bicyclic) bond motifs is 4. The lowest BCUT2D eigenvalue weighted by Gasteiger charge is -2.40. The molecule has 2 atom stereocenters. The van der Waals surface area contributed by atoms with E-state index in [1.54, 1.807) is 29.3 Å². The smallest absolute Gasteiger partial charge is 0.264 e. The average Bonchev–Trinajstić information content (AvgIpc) is 3.01. The van der Waals surface area contributed by atoms with Gasteiger partial charge in [-0.25, -0.2) is 23.1 Å². The Kier molecular flexibility index (Phi) is 8.88. The second-order valence-corrected chi connectivity index (χ2v) is 15.8. The van der Waals surface area contributed by atoms with E-state index in [1.807, 2.05) is 39.0 Å². The first kappa shape index (κ1) is 33.3. The summed E-state index contributed by atoms with van der Waals surface area (Å²) in [6, 6.07) is 13.6. The second-order valence-electron chi connectivity index (χ2n) is 14.1. The van der Waals surface area contributed by atoms with Crippen LogP contribution in [0.2, 0.25) is 0 Å². The second kappa shape index (κ2) is 12.8. The number of aryl methyl sites for hydroxylation is 3. The summed E-state index contributed by atoms with van der Waals surface area (Å²) in [5.74, 6) is 0.564. The maximum absolute atomic E-state index is 14.5. The van der Waals surface area contributed by atoms with E-state index in [0.29, 0.717) is 23.9 Å². The third-order valence-corrected chi connectivity index (χ3v) is 10.3. The minimum Gasteiger partial charge on any atom is -0.475 e. The van der Waals surface area contributed by atoms with Gasteiger partial charge in [-0.1, -0.05) is 45.0 Å². The van der Waals surface area contributed by atoms with E-state index in [0.717, 1.165) is 41.2 Å². The van der Waals surface area contributed by atoms with Crippen LogP contribution in [0.25, 0.3) is 11.3 Å². The highest BCUT2D eigenvalue weighted by Gasteiger charge is 2.33. The summed E-state index contributed by atoms with van der Waals surface area (Å²) in [7, 11) is -4.17. The summed E-state index contributed by atoms with van der Waals surface area (Å²) >= 11 is 0. The first-order valence-electron chi connectivity index (χ1n) is 16.3. The number of aromatic nitrogens is 4. The molecule has 0 spiro atoms. The van der Waals surface area contributed by atoms with Crippen molar-refractivity contribution < 1.29 is 17.9 Å². The van der Waals surface area contributed by atoms with Crippen molar-refractivity contribution in [1.82, 2.24) is 24.8 Å². The van der Waals surface area contributed by atoms with Gasteiger partial charge in [0, 0.05) is 29.8 Å². The fourth-order valence-corrected chi connectivity index (χ4v) is 7.36. The van der Waals surface area contributed by atoms with Crippen molar-refractivity contribution in [2.75, 3.05) is 22.8 Å². The molecule has 2 aromatic heterocycles. The molecule has 2 aliphatic heterocycles. The van der Waals surface area contributed by atoms with Crippen LogP contribution >= 0.6 is 0 Å². The Balaban J connectivity index is 1.48. The van der Waals surface area contributed by atoms with Crippen LogP contribution in [0.4, 0.5) is 11.8 Å². The topological polar surface area (TPSA) is 131 Å². The number of anilines is 2. The molecule has 252 valence electrons. The Bertz CT molecular complexity index is 1960. The Labute approximate surface area is 282 Å². The third-order valence-electron chi connectivity index (χ3n) is 8.93. The van der Waals surface area contributed by atoms with E-state index in [2.05, 4.69) is 52.3 Å². The number of nitrogens with one attached hydrogen (secondary N) is 1. The van der Waals surface area contributed by atoms with Crippen LogP contribution in [0, 0.1) is 26.2 Å². The lowest BCUT2D eigenvalue weighted by Crippen LogP contribution is -2.47. The summed E-state index contributed by atoms with van der Waals surface area (Å²) in [4.78, 5) is 37.1. The number of nitrogens with zero attached hydrogens (tertiary/aromatic N) is 6. The zero-order chi connectivity index (χ0) is 34.4. The molecule has 1 N–H and O–H groups in total. The molecular formula is C36H43N7O4S. The zero-order valence-electron chi connectivity index (χ0n) is 28.6. The molecule has 0 unspecified atom stereocenters. The van der Waals surface area contributed by atoms with Crippen molar-refractivity contribution in [3.05, 3.63) is 82.8 Å². The molecule has 0 radical (unpaired) electrons. The molecule has 4 aromatic rings. The number of sulfonamides is 1. The van der Waals surface area contributed by atoms with E-state index >= 15 is 0 Å². The van der Waals surface area contributed by atoms with Crippen LogP contribution in [0.1, 0.15) is 73.4 Å². The number of carbonyl (C=O) groups is 1.